The van der Waals surface area contributed by atoms with Crippen molar-refractivity contribution in [3.05, 3.63) is 17.5 Å². The molecule has 0 aromatic carbocycles. The molecule has 120 valence electrons. The zero-order chi connectivity index (χ0) is 16.0. The minimum Gasteiger partial charge on any atom is -0.361 e. The number of aromatic nitrogens is 1. The van der Waals surface area contributed by atoms with E-state index < -0.39 is 0 Å². The van der Waals surface area contributed by atoms with Gasteiger partial charge in [-0.2, -0.15) is 0 Å². The van der Waals surface area contributed by atoms with Gasteiger partial charge in [-0.15, -0.1) is 0 Å². The van der Waals surface area contributed by atoms with Crippen molar-refractivity contribution in [2.24, 2.45) is 5.41 Å². The number of nitrogens with one attached hydrogen (secondary N) is 1. The van der Waals surface area contributed by atoms with Gasteiger partial charge in [-0.1, -0.05) is 32.9 Å². The van der Waals surface area contributed by atoms with Crippen molar-refractivity contribution in [2.75, 3.05) is 20.1 Å². The van der Waals surface area contributed by atoms with Crippen LogP contribution >= 0.6 is 0 Å². The number of aryl methyl sites for hydroxylation is 1. The minimum atomic E-state index is -0.162. The summed E-state index contributed by atoms with van der Waals surface area (Å²) in [7, 11) is 2.10. The van der Waals surface area contributed by atoms with Crippen LogP contribution in [-0.2, 0) is 6.42 Å². The summed E-state index contributed by atoms with van der Waals surface area (Å²) in [6, 6.07) is 1.77. The van der Waals surface area contributed by atoms with Crippen molar-refractivity contribution in [2.45, 2.75) is 53.5 Å². The van der Waals surface area contributed by atoms with Gasteiger partial charge >= 0.3 is 0 Å². The summed E-state index contributed by atoms with van der Waals surface area (Å²) in [6.07, 6.45) is 1.74. The standard InChI is InChI=1S/C16H29N3O2/c1-7-13-10-14(18-21-13)15(20)17-12(4)16(5,8-2)11-19(6)9-3/h10,12H,7-9,11H2,1-6H3,(H,17,20). The maximum absolute atomic E-state index is 12.3. The van der Waals surface area contributed by atoms with Crippen LogP contribution in [0.4, 0.5) is 0 Å². The van der Waals surface area contributed by atoms with E-state index in [0.29, 0.717) is 5.69 Å². The lowest BCUT2D eigenvalue weighted by atomic mass is 9.80. The third-order valence-electron chi connectivity index (χ3n) is 4.51. The SMILES string of the molecule is CCc1cc(C(=O)NC(C)C(C)(CC)CN(C)CC)no1. The lowest BCUT2D eigenvalue weighted by molar-refractivity contribution is 0.0846. The van der Waals surface area contributed by atoms with Gasteiger partial charge in [-0.3, -0.25) is 4.79 Å². The lowest BCUT2D eigenvalue weighted by Crippen LogP contribution is -2.49. The predicted molar refractivity (Wildman–Crippen MR) is 84.4 cm³/mol. The molecule has 5 heteroatoms. The Morgan fingerprint density at radius 1 is 1.48 bits per heavy atom. The first-order chi connectivity index (χ1) is 9.86. The summed E-state index contributed by atoms with van der Waals surface area (Å²) in [5.74, 6) is 0.571. The number of carbonyl (C=O) groups excluding carboxylic acids is 1. The number of hydrogen-bond acceptors (Lipinski definition) is 4. The van der Waals surface area contributed by atoms with Crippen LogP contribution in [0, 0.1) is 5.41 Å². The highest BCUT2D eigenvalue weighted by Gasteiger charge is 2.32. The second-order valence-corrected chi connectivity index (χ2v) is 6.07. The third kappa shape index (κ3) is 4.56. The molecule has 1 rings (SSSR count). The molecule has 0 bridgehead atoms. The van der Waals surface area contributed by atoms with E-state index in [1.807, 2.05) is 6.92 Å². The average Bonchev–Trinajstić information content (AvgIpc) is 2.95. The molecule has 2 atom stereocenters. The first-order valence-corrected chi connectivity index (χ1v) is 7.81. The highest BCUT2D eigenvalue weighted by molar-refractivity contribution is 5.92. The number of rotatable bonds is 8. The molecule has 1 aromatic heterocycles. The summed E-state index contributed by atoms with van der Waals surface area (Å²) in [4.78, 5) is 14.5. The predicted octanol–water partition coefficient (Wildman–Crippen LogP) is 2.72. The Bertz CT molecular complexity index is 458. The zero-order valence-electron chi connectivity index (χ0n) is 14.2. The third-order valence-corrected chi connectivity index (χ3v) is 4.51. The molecule has 1 N–H and O–H groups in total. The van der Waals surface area contributed by atoms with Crippen molar-refractivity contribution < 1.29 is 9.32 Å². The van der Waals surface area contributed by atoms with Gasteiger partial charge in [-0.05, 0) is 32.4 Å². The van der Waals surface area contributed by atoms with Gasteiger partial charge < -0.3 is 14.7 Å². The maximum Gasteiger partial charge on any atom is 0.273 e. The Labute approximate surface area is 128 Å². The van der Waals surface area contributed by atoms with Crippen LogP contribution in [0.1, 0.15) is 57.3 Å². The molecule has 0 saturated heterocycles. The Morgan fingerprint density at radius 2 is 2.14 bits per heavy atom. The number of amides is 1. The largest absolute Gasteiger partial charge is 0.361 e. The van der Waals surface area contributed by atoms with Gasteiger partial charge in [0.25, 0.3) is 5.91 Å². The fourth-order valence-electron chi connectivity index (χ4n) is 2.31. The second-order valence-electron chi connectivity index (χ2n) is 6.07. The molecule has 21 heavy (non-hydrogen) atoms. The Morgan fingerprint density at radius 3 is 2.62 bits per heavy atom. The Kier molecular flexibility index (Phi) is 6.40. The molecular formula is C16H29N3O2. The first-order valence-electron chi connectivity index (χ1n) is 7.81. The van der Waals surface area contributed by atoms with E-state index in [9.17, 15) is 4.79 Å². The molecule has 0 aliphatic heterocycles. The van der Waals surface area contributed by atoms with Crippen molar-refractivity contribution in [3.8, 4) is 0 Å². The molecule has 2 unspecified atom stereocenters. The fourth-order valence-corrected chi connectivity index (χ4v) is 2.31. The number of carbonyl (C=O) groups is 1. The van der Waals surface area contributed by atoms with Gasteiger partial charge in [0.05, 0.1) is 0 Å². The molecule has 5 nitrogen and oxygen atoms in total. The fraction of sp³-hybridized carbons (Fsp3) is 0.750. The topological polar surface area (TPSA) is 58.4 Å². The summed E-state index contributed by atoms with van der Waals surface area (Å²) in [5.41, 5.74) is 0.388. The molecular weight excluding hydrogens is 266 g/mol. The highest BCUT2D eigenvalue weighted by Crippen LogP contribution is 2.27. The molecule has 0 saturated carbocycles. The van der Waals surface area contributed by atoms with Crippen molar-refractivity contribution >= 4 is 5.91 Å². The molecule has 1 amide bonds. The van der Waals surface area contributed by atoms with Crippen LogP contribution in [0.5, 0.6) is 0 Å². The second kappa shape index (κ2) is 7.59. The number of hydrogen-bond donors (Lipinski definition) is 1. The van der Waals surface area contributed by atoms with E-state index in [0.717, 1.165) is 31.7 Å². The van der Waals surface area contributed by atoms with Crippen molar-refractivity contribution in [1.29, 1.82) is 0 Å². The number of nitrogens with zero attached hydrogens (tertiary/aromatic N) is 2. The quantitative estimate of drug-likeness (QED) is 0.801. The normalized spacial score (nSPS) is 15.8. The molecule has 0 aliphatic carbocycles. The maximum atomic E-state index is 12.3. The van der Waals surface area contributed by atoms with E-state index in [2.05, 4.69) is 50.1 Å². The molecule has 1 heterocycles. The van der Waals surface area contributed by atoms with Crippen LogP contribution in [0.2, 0.25) is 0 Å². The molecule has 0 aliphatic rings. The van der Waals surface area contributed by atoms with Gasteiger partial charge in [0, 0.05) is 25.1 Å². The van der Waals surface area contributed by atoms with Crippen LogP contribution in [0.15, 0.2) is 10.6 Å². The van der Waals surface area contributed by atoms with E-state index in [1.165, 1.54) is 0 Å². The molecule has 1 aromatic rings. The van der Waals surface area contributed by atoms with E-state index in [1.54, 1.807) is 6.07 Å². The van der Waals surface area contributed by atoms with Crippen LogP contribution < -0.4 is 5.32 Å². The van der Waals surface area contributed by atoms with Crippen LogP contribution in [0.25, 0.3) is 0 Å². The van der Waals surface area contributed by atoms with E-state index >= 15 is 0 Å². The molecule has 0 radical (unpaired) electrons. The Balaban J connectivity index is 2.72. The summed E-state index contributed by atoms with van der Waals surface area (Å²) >= 11 is 0. The lowest BCUT2D eigenvalue weighted by Gasteiger charge is -2.38. The zero-order valence-corrected chi connectivity index (χ0v) is 14.2. The van der Waals surface area contributed by atoms with Crippen LogP contribution in [-0.4, -0.2) is 42.1 Å². The van der Waals surface area contributed by atoms with Gasteiger partial charge in [0.15, 0.2) is 5.69 Å². The van der Waals surface area contributed by atoms with Gasteiger partial charge in [0.2, 0.25) is 0 Å². The van der Waals surface area contributed by atoms with Gasteiger partial charge in [0.1, 0.15) is 5.76 Å². The van der Waals surface area contributed by atoms with Gasteiger partial charge in [-0.25, -0.2) is 0 Å². The van der Waals surface area contributed by atoms with E-state index in [-0.39, 0.29) is 17.4 Å². The summed E-state index contributed by atoms with van der Waals surface area (Å²) in [5, 5.41) is 6.89. The van der Waals surface area contributed by atoms with Crippen molar-refractivity contribution in [3.63, 3.8) is 0 Å². The molecule has 0 fully saturated rings. The van der Waals surface area contributed by atoms with Crippen molar-refractivity contribution in [1.82, 2.24) is 15.4 Å². The molecule has 0 spiro atoms. The average molecular weight is 295 g/mol. The monoisotopic (exact) mass is 295 g/mol. The summed E-state index contributed by atoms with van der Waals surface area (Å²) in [6.45, 7) is 12.5. The van der Waals surface area contributed by atoms with E-state index in [4.69, 9.17) is 4.52 Å². The summed E-state index contributed by atoms with van der Waals surface area (Å²) < 4.78 is 5.09. The smallest absolute Gasteiger partial charge is 0.273 e. The first kappa shape index (κ1) is 17.7. The van der Waals surface area contributed by atoms with Crippen LogP contribution in [0.3, 0.4) is 0 Å². The Hall–Kier alpha value is -1.36. The highest BCUT2D eigenvalue weighted by atomic mass is 16.5. The minimum absolute atomic E-state index is 0.0255.